The van der Waals surface area contributed by atoms with Crippen molar-refractivity contribution >= 4 is 11.7 Å². The molecule has 22 heavy (non-hydrogen) atoms. The average molecular weight is 295 g/mol. The molecule has 3 rings (SSSR count). The van der Waals surface area contributed by atoms with Gasteiger partial charge in [0.2, 0.25) is 5.95 Å². The van der Waals surface area contributed by atoms with E-state index in [1.165, 1.54) is 11.1 Å². The van der Waals surface area contributed by atoms with E-state index in [4.69, 9.17) is 5.73 Å². The highest BCUT2D eigenvalue weighted by Crippen LogP contribution is 2.33. The van der Waals surface area contributed by atoms with Crippen molar-refractivity contribution in [3.8, 4) is 0 Å². The Morgan fingerprint density at radius 2 is 1.82 bits per heavy atom. The summed E-state index contributed by atoms with van der Waals surface area (Å²) in [5.41, 5.74) is 9.65. The molecule has 1 atom stereocenters. The van der Waals surface area contributed by atoms with Gasteiger partial charge in [-0.05, 0) is 28.9 Å². The second kappa shape index (κ2) is 5.20. The largest absolute Gasteiger partial charge is 0.368 e. The molecule has 0 bridgehead atoms. The number of carbonyl (C=O) groups excluding carboxylic acids is 1. The molecule has 114 valence electrons. The van der Waals surface area contributed by atoms with Crippen LogP contribution < -0.4 is 5.73 Å². The number of hydrogen-bond acceptors (Lipinski definition) is 4. The van der Waals surface area contributed by atoms with Gasteiger partial charge in [-0.25, -0.2) is 9.97 Å². The van der Waals surface area contributed by atoms with Gasteiger partial charge in [0.25, 0.3) is 0 Å². The molecule has 2 N–H and O–H groups in total. The van der Waals surface area contributed by atoms with Gasteiger partial charge in [0, 0.05) is 12.6 Å². The van der Waals surface area contributed by atoms with Crippen LogP contribution in [0.4, 0.5) is 5.95 Å². The van der Waals surface area contributed by atoms with Gasteiger partial charge in [-0.2, -0.15) is 0 Å². The Morgan fingerprint density at radius 1 is 1.14 bits per heavy atom. The Kier molecular flexibility index (Phi) is 3.47. The predicted molar refractivity (Wildman–Crippen MR) is 87.0 cm³/mol. The highest BCUT2D eigenvalue weighted by atomic mass is 16.1. The van der Waals surface area contributed by atoms with Crippen LogP contribution in [0.3, 0.4) is 0 Å². The zero-order chi connectivity index (χ0) is 15.9. The molecule has 1 heterocycles. The first kappa shape index (κ1) is 14.7. The number of carbonyl (C=O) groups is 1. The van der Waals surface area contributed by atoms with Crippen molar-refractivity contribution in [2.45, 2.75) is 44.9 Å². The van der Waals surface area contributed by atoms with Gasteiger partial charge in [-0.1, -0.05) is 45.0 Å². The summed E-state index contributed by atoms with van der Waals surface area (Å²) < 4.78 is 0. The summed E-state index contributed by atoms with van der Waals surface area (Å²) in [5, 5.41) is 0. The number of nitrogens with two attached hydrogens (primary N) is 1. The molecule has 1 aromatic carbocycles. The maximum absolute atomic E-state index is 12.3. The minimum Gasteiger partial charge on any atom is -0.368 e. The van der Waals surface area contributed by atoms with E-state index in [9.17, 15) is 4.79 Å². The Balaban J connectivity index is 1.89. The van der Waals surface area contributed by atoms with Crippen LogP contribution in [-0.4, -0.2) is 15.8 Å². The highest BCUT2D eigenvalue weighted by Gasteiger charge is 2.28. The third-order valence-electron chi connectivity index (χ3n) is 4.31. The van der Waals surface area contributed by atoms with E-state index in [0.717, 1.165) is 12.1 Å². The standard InChI is InChI=1S/C18H21N3O/c1-18(2,3)13-6-4-11(5-7-13)12-8-15-14(16(22)9-12)10-20-17(19)21-15/h4-7,10,12H,8-9H2,1-3H3,(H2,19,20,21). The topological polar surface area (TPSA) is 68.9 Å². The van der Waals surface area contributed by atoms with Crippen LogP contribution in [0.1, 0.15) is 60.3 Å². The van der Waals surface area contributed by atoms with E-state index in [0.29, 0.717) is 12.0 Å². The monoisotopic (exact) mass is 295 g/mol. The number of ketones is 1. The van der Waals surface area contributed by atoms with E-state index in [1.54, 1.807) is 6.20 Å². The molecule has 4 nitrogen and oxygen atoms in total. The molecule has 0 radical (unpaired) electrons. The van der Waals surface area contributed by atoms with E-state index in [-0.39, 0.29) is 23.1 Å². The number of Topliss-reactive ketones (excluding diaryl/α,β-unsaturated/α-hetero) is 1. The molecule has 0 amide bonds. The second-order valence-electron chi connectivity index (χ2n) is 6.99. The Hall–Kier alpha value is -2.23. The number of rotatable bonds is 1. The predicted octanol–water partition coefficient (Wildman–Crippen LogP) is 3.27. The minimum absolute atomic E-state index is 0.103. The summed E-state index contributed by atoms with van der Waals surface area (Å²) in [6, 6.07) is 8.58. The van der Waals surface area contributed by atoms with Crippen LogP contribution in [0.5, 0.6) is 0 Å². The SMILES string of the molecule is CC(C)(C)c1ccc(C2CC(=O)c3cnc(N)nc3C2)cc1. The molecule has 1 unspecified atom stereocenters. The number of benzene rings is 1. The number of fused-ring (bicyclic) bond motifs is 1. The molecular formula is C18H21N3O. The first-order valence-electron chi connectivity index (χ1n) is 7.59. The number of aromatic nitrogens is 2. The van der Waals surface area contributed by atoms with Gasteiger partial charge in [0.15, 0.2) is 5.78 Å². The van der Waals surface area contributed by atoms with Crippen molar-refractivity contribution in [3.05, 3.63) is 52.8 Å². The minimum atomic E-state index is 0.103. The Bertz CT molecular complexity index is 714. The summed E-state index contributed by atoms with van der Waals surface area (Å²) in [5.74, 6) is 0.504. The fourth-order valence-electron chi connectivity index (χ4n) is 2.95. The lowest BCUT2D eigenvalue weighted by atomic mass is 9.80. The Labute approximate surface area is 130 Å². The van der Waals surface area contributed by atoms with Crippen LogP contribution in [0.25, 0.3) is 0 Å². The molecule has 2 aromatic rings. The van der Waals surface area contributed by atoms with E-state index in [1.807, 2.05) is 0 Å². The van der Waals surface area contributed by atoms with Crippen LogP contribution >= 0.6 is 0 Å². The van der Waals surface area contributed by atoms with Crippen molar-refractivity contribution < 1.29 is 4.79 Å². The molecule has 0 saturated carbocycles. The summed E-state index contributed by atoms with van der Waals surface area (Å²) in [6.07, 6.45) is 2.80. The van der Waals surface area contributed by atoms with Crippen molar-refractivity contribution in [2.24, 2.45) is 0 Å². The zero-order valence-electron chi connectivity index (χ0n) is 13.3. The van der Waals surface area contributed by atoms with E-state index >= 15 is 0 Å². The molecular weight excluding hydrogens is 274 g/mol. The van der Waals surface area contributed by atoms with Gasteiger partial charge in [-0.3, -0.25) is 4.79 Å². The number of hydrogen-bond donors (Lipinski definition) is 1. The van der Waals surface area contributed by atoms with Gasteiger partial charge in [0.05, 0.1) is 11.3 Å². The van der Waals surface area contributed by atoms with Crippen molar-refractivity contribution in [3.63, 3.8) is 0 Å². The normalized spacial score (nSPS) is 18.1. The third-order valence-corrected chi connectivity index (χ3v) is 4.31. The van der Waals surface area contributed by atoms with Gasteiger partial charge in [0.1, 0.15) is 0 Å². The lowest BCUT2D eigenvalue weighted by Crippen LogP contribution is -2.21. The molecule has 0 aliphatic heterocycles. The molecule has 4 heteroatoms. The van der Waals surface area contributed by atoms with Crippen LogP contribution in [0.15, 0.2) is 30.5 Å². The van der Waals surface area contributed by atoms with E-state index in [2.05, 4.69) is 55.0 Å². The maximum Gasteiger partial charge on any atom is 0.220 e. The number of nitrogen functional groups attached to an aromatic ring is 1. The fourth-order valence-corrected chi connectivity index (χ4v) is 2.95. The fraction of sp³-hybridized carbons (Fsp3) is 0.389. The lowest BCUT2D eigenvalue weighted by molar-refractivity contribution is 0.0962. The molecule has 1 aromatic heterocycles. The van der Waals surface area contributed by atoms with Crippen molar-refractivity contribution in [2.75, 3.05) is 5.73 Å². The summed E-state index contributed by atoms with van der Waals surface area (Å²) in [4.78, 5) is 20.5. The average Bonchev–Trinajstić information content (AvgIpc) is 2.46. The smallest absolute Gasteiger partial charge is 0.220 e. The first-order chi connectivity index (χ1) is 10.3. The van der Waals surface area contributed by atoms with Gasteiger partial charge >= 0.3 is 0 Å². The lowest BCUT2D eigenvalue weighted by Gasteiger charge is -2.24. The highest BCUT2D eigenvalue weighted by molar-refractivity contribution is 5.98. The van der Waals surface area contributed by atoms with Crippen LogP contribution in [0.2, 0.25) is 0 Å². The summed E-state index contributed by atoms with van der Waals surface area (Å²) in [7, 11) is 0. The molecule has 1 aliphatic carbocycles. The van der Waals surface area contributed by atoms with Crippen LogP contribution in [0, 0.1) is 0 Å². The first-order valence-corrected chi connectivity index (χ1v) is 7.59. The molecule has 0 saturated heterocycles. The van der Waals surface area contributed by atoms with Crippen molar-refractivity contribution in [1.29, 1.82) is 0 Å². The Morgan fingerprint density at radius 3 is 2.45 bits per heavy atom. The quantitative estimate of drug-likeness (QED) is 0.876. The maximum atomic E-state index is 12.3. The van der Waals surface area contributed by atoms with Crippen LogP contribution in [-0.2, 0) is 11.8 Å². The van der Waals surface area contributed by atoms with Gasteiger partial charge < -0.3 is 5.73 Å². The second-order valence-corrected chi connectivity index (χ2v) is 6.99. The number of nitrogens with zero attached hydrogens (tertiary/aromatic N) is 2. The molecule has 0 spiro atoms. The molecule has 1 aliphatic rings. The third kappa shape index (κ3) is 2.73. The number of anilines is 1. The zero-order valence-corrected chi connectivity index (χ0v) is 13.3. The van der Waals surface area contributed by atoms with Gasteiger partial charge in [-0.15, -0.1) is 0 Å². The van der Waals surface area contributed by atoms with E-state index < -0.39 is 0 Å². The van der Waals surface area contributed by atoms with Crippen molar-refractivity contribution in [1.82, 2.24) is 9.97 Å². The summed E-state index contributed by atoms with van der Waals surface area (Å²) in [6.45, 7) is 6.59. The summed E-state index contributed by atoms with van der Waals surface area (Å²) >= 11 is 0. The molecule has 0 fully saturated rings.